The van der Waals surface area contributed by atoms with Crippen molar-refractivity contribution in [3.63, 3.8) is 0 Å². The number of alkyl halides is 3. The maximum Gasteiger partial charge on any atom is 0.416 e. The number of aromatic nitrogens is 3. The van der Waals surface area contributed by atoms with Gasteiger partial charge in [0.15, 0.2) is 11.4 Å². The lowest BCUT2D eigenvalue weighted by Gasteiger charge is -2.10. The highest BCUT2D eigenvalue weighted by Gasteiger charge is 2.30. The first kappa shape index (κ1) is 18.2. The van der Waals surface area contributed by atoms with Crippen LogP contribution in [0.5, 0.6) is 0 Å². The summed E-state index contributed by atoms with van der Waals surface area (Å²) in [5.74, 6) is -0.305. The van der Waals surface area contributed by atoms with E-state index >= 15 is 0 Å². The van der Waals surface area contributed by atoms with Crippen molar-refractivity contribution >= 4 is 23.0 Å². The van der Waals surface area contributed by atoms with Gasteiger partial charge in [0.2, 0.25) is 0 Å². The Hall–Kier alpha value is -3.19. The van der Waals surface area contributed by atoms with E-state index in [1.807, 2.05) is 0 Å². The third-order valence-electron chi connectivity index (χ3n) is 4.24. The third kappa shape index (κ3) is 3.25. The Morgan fingerprint density at radius 3 is 2.50 bits per heavy atom. The fourth-order valence-corrected chi connectivity index (χ4v) is 3.01. The summed E-state index contributed by atoms with van der Waals surface area (Å²) in [7, 11) is 0. The number of hydrogen-bond acceptors (Lipinski definition) is 3. The molecule has 0 radical (unpaired) electrons. The van der Waals surface area contributed by atoms with Crippen LogP contribution < -0.4 is 0 Å². The number of ketones is 1. The van der Waals surface area contributed by atoms with Crippen molar-refractivity contribution in [3.05, 3.63) is 88.7 Å². The lowest BCUT2D eigenvalue weighted by molar-refractivity contribution is -0.137. The first-order valence-corrected chi connectivity index (χ1v) is 8.53. The molecule has 2 aromatic carbocycles. The molecule has 0 aliphatic heterocycles. The molecule has 0 aliphatic carbocycles. The fraction of sp³-hybridized carbons (Fsp3) is 0.0500. The van der Waals surface area contributed by atoms with Gasteiger partial charge in [0.05, 0.1) is 23.0 Å². The molecule has 8 heteroatoms. The first-order chi connectivity index (χ1) is 13.3. The predicted molar refractivity (Wildman–Crippen MR) is 98.3 cm³/mol. The quantitative estimate of drug-likeness (QED) is 0.438. The molecular formula is C20H11ClF3N3O. The van der Waals surface area contributed by atoms with E-state index in [4.69, 9.17) is 11.6 Å². The third-order valence-corrected chi connectivity index (χ3v) is 4.49. The SMILES string of the molecule is O=C(c1ccc(Cl)cc1)c1cnn2c(-c3cccc(C(F)(F)F)c3)ccnc12. The van der Waals surface area contributed by atoms with Crippen LogP contribution in [0.4, 0.5) is 13.2 Å². The summed E-state index contributed by atoms with van der Waals surface area (Å²) in [6.45, 7) is 0. The van der Waals surface area contributed by atoms with Gasteiger partial charge in [0.1, 0.15) is 0 Å². The number of fused-ring (bicyclic) bond motifs is 1. The molecular weight excluding hydrogens is 391 g/mol. The molecule has 4 aromatic rings. The Labute approximate surface area is 162 Å². The van der Waals surface area contributed by atoms with Crippen LogP contribution in [-0.2, 0) is 6.18 Å². The number of hydrogen-bond donors (Lipinski definition) is 0. The molecule has 0 saturated carbocycles. The van der Waals surface area contributed by atoms with Crippen LogP contribution >= 0.6 is 11.6 Å². The zero-order valence-electron chi connectivity index (χ0n) is 14.1. The monoisotopic (exact) mass is 401 g/mol. The Kier molecular flexibility index (Phi) is 4.39. The zero-order chi connectivity index (χ0) is 19.9. The average molecular weight is 402 g/mol. The number of benzene rings is 2. The van der Waals surface area contributed by atoms with Crippen molar-refractivity contribution in [1.82, 2.24) is 14.6 Å². The zero-order valence-corrected chi connectivity index (χ0v) is 14.9. The van der Waals surface area contributed by atoms with E-state index in [1.165, 1.54) is 23.0 Å². The Balaban J connectivity index is 1.82. The summed E-state index contributed by atoms with van der Waals surface area (Å²) >= 11 is 5.85. The highest BCUT2D eigenvalue weighted by molar-refractivity contribution is 6.30. The summed E-state index contributed by atoms with van der Waals surface area (Å²) in [5, 5.41) is 4.68. The normalized spacial score (nSPS) is 11.7. The lowest BCUT2D eigenvalue weighted by atomic mass is 10.1. The van der Waals surface area contributed by atoms with Gasteiger partial charge in [-0.25, -0.2) is 9.50 Å². The first-order valence-electron chi connectivity index (χ1n) is 8.15. The molecule has 0 N–H and O–H groups in total. The highest BCUT2D eigenvalue weighted by atomic mass is 35.5. The van der Waals surface area contributed by atoms with E-state index in [0.29, 0.717) is 21.8 Å². The van der Waals surface area contributed by atoms with Gasteiger partial charge in [-0.3, -0.25) is 4.79 Å². The topological polar surface area (TPSA) is 47.3 Å². The largest absolute Gasteiger partial charge is 0.416 e. The van der Waals surface area contributed by atoms with E-state index in [1.54, 1.807) is 36.4 Å². The van der Waals surface area contributed by atoms with Crippen LogP contribution in [0, 0.1) is 0 Å². The minimum Gasteiger partial charge on any atom is -0.288 e. The van der Waals surface area contributed by atoms with Gasteiger partial charge in [-0.2, -0.15) is 18.3 Å². The van der Waals surface area contributed by atoms with E-state index in [0.717, 1.165) is 12.1 Å². The lowest BCUT2D eigenvalue weighted by Crippen LogP contribution is -2.05. The van der Waals surface area contributed by atoms with Crippen molar-refractivity contribution in [2.24, 2.45) is 0 Å². The molecule has 0 aliphatic rings. The Bertz CT molecular complexity index is 1180. The van der Waals surface area contributed by atoms with Crippen LogP contribution in [0.25, 0.3) is 16.9 Å². The Morgan fingerprint density at radius 1 is 1.04 bits per heavy atom. The number of halogens is 4. The molecule has 2 aromatic heterocycles. The van der Waals surface area contributed by atoms with Crippen LogP contribution in [0.1, 0.15) is 21.5 Å². The minimum absolute atomic E-state index is 0.246. The molecule has 0 saturated heterocycles. The molecule has 4 rings (SSSR count). The van der Waals surface area contributed by atoms with Gasteiger partial charge in [-0.05, 0) is 42.5 Å². The van der Waals surface area contributed by atoms with Crippen LogP contribution in [0.2, 0.25) is 5.02 Å². The molecule has 0 bridgehead atoms. The summed E-state index contributed by atoms with van der Waals surface area (Å²) < 4.78 is 40.5. The molecule has 0 unspecified atom stereocenters. The van der Waals surface area contributed by atoms with E-state index in [9.17, 15) is 18.0 Å². The number of carbonyl (C=O) groups excluding carboxylic acids is 1. The standard InChI is InChI=1S/C20H11ClF3N3O/c21-15-6-4-12(5-7-15)18(28)16-11-26-27-17(8-9-25-19(16)27)13-2-1-3-14(10-13)20(22,23)24/h1-11H. The van der Waals surface area contributed by atoms with Crippen LogP contribution in [-0.4, -0.2) is 20.4 Å². The van der Waals surface area contributed by atoms with Crippen molar-refractivity contribution in [2.75, 3.05) is 0 Å². The van der Waals surface area contributed by atoms with Gasteiger partial charge < -0.3 is 0 Å². The predicted octanol–water partition coefficient (Wildman–Crippen LogP) is 5.30. The second kappa shape index (κ2) is 6.76. The summed E-state index contributed by atoms with van der Waals surface area (Å²) in [6, 6.07) is 12.8. The summed E-state index contributed by atoms with van der Waals surface area (Å²) in [5.41, 5.74) is 0.859. The molecule has 2 heterocycles. The van der Waals surface area contributed by atoms with Gasteiger partial charge in [0.25, 0.3) is 0 Å². The molecule has 0 atom stereocenters. The molecule has 0 amide bonds. The minimum atomic E-state index is -4.46. The summed E-state index contributed by atoms with van der Waals surface area (Å²) in [4.78, 5) is 17.0. The van der Waals surface area contributed by atoms with E-state index < -0.39 is 11.7 Å². The average Bonchev–Trinajstić information content (AvgIpc) is 3.11. The number of nitrogens with zero attached hydrogens (tertiary/aromatic N) is 3. The smallest absolute Gasteiger partial charge is 0.288 e. The van der Waals surface area contributed by atoms with E-state index in [2.05, 4.69) is 10.1 Å². The van der Waals surface area contributed by atoms with Gasteiger partial charge in [-0.1, -0.05) is 23.7 Å². The molecule has 4 nitrogen and oxygen atoms in total. The van der Waals surface area contributed by atoms with Crippen molar-refractivity contribution < 1.29 is 18.0 Å². The van der Waals surface area contributed by atoms with Gasteiger partial charge in [0, 0.05) is 22.3 Å². The molecule has 0 fully saturated rings. The maximum absolute atomic E-state index is 13.0. The fourth-order valence-electron chi connectivity index (χ4n) is 2.88. The Morgan fingerprint density at radius 2 is 1.79 bits per heavy atom. The second-order valence-corrected chi connectivity index (χ2v) is 6.47. The molecule has 140 valence electrons. The van der Waals surface area contributed by atoms with E-state index in [-0.39, 0.29) is 17.0 Å². The van der Waals surface area contributed by atoms with Crippen LogP contribution in [0.3, 0.4) is 0 Å². The second-order valence-electron chi connectivity index (χ2n) is 6.04. The van der Waals surface area contributed by atoms with Gasteiger partial charge in [-0.15, -0.1) is 0 Å². The van der Waals surface area contributed by atoms with Crippen LogP contribution in [0.15, 0.2) is 67.0 Å². The number of carbonyl (C=O) groups is 1. The van der Waals surface area contributed by atoms with Crippen molar-refractivity contribution in [1.29, 1.82) is 0 Å². The maximum atomic E-state index is 13.0. The van der Waals surface area contributed by atoms with Crippen molar-refractivity contribution in [3.8, 4) is 11.3 Å². The number of rotatable bonds is 3. The molecule has 0 spiro atoms. The van der Waals surface area contributed by atoms with Gasteiger partial charge >= 0.3 is 6.18 Å². The highest BCUT2D eigenvalue weighted by Crippen LogP contribution is 2.32. The van der Waals surface area contributed by atoms with Crippen molar-refractivity contribution in [2.45, 2.75) is 6.18 Å². The molecule has 28 heavy (non-hydrogen) atoms. The summed E-state index contributed by atoms with van der Waals surface area (Å²) in [6.07, 6.45) is -1.66.